The van der Waals surface area contributed by atoms with Gasteiger partial charge in [-0.05, 0) is 17.7 Å². The highest BCUT2D eigenvalue weighted by atomic mass is 19.1. The van der Waals surface area contributed by atoms with E-state index >= 15 is 0 Å². The summed E-state index contributed by atoms with van der Waals surface area (Å²) in [6, 6.07) is 3.34. The van der Waals surface area contributed by atoms with Crippen molar-refractivity contribution in [3.05, 3.63) is 29.6 Å². The molecule has 1 aromatic rings. The topological polar surface area (TPSA) is 46.2 Å². The Bertz CT molecular complexity index is 278. The zero-order valence-corrected chi connectivity index (χ0v) is 6.30. The van der Waals surface area contributed by atoms with E-state index < -0.39 is 17.7 Å². The van der Waals surface area contributed by atoms with Crippen molar-refractivity contribution in [1.29, 1.82) is 0 Å². The molecule has 4 heteroatoms. The molecule has 0 heterocycles. The average molecular weight is 173 g/mol. The van der Waals surface area contributed by atoms with Gasteiger partial charge in [0.2, 0.25) is 0 Å². The first-order chi connectivity index (χ1) is 5.65. The van der Waals surface area contributed by atoms with Crippen molar-refractivity contribution in [3.8, 4) is 5.75 Å². The molecule has 1 aromatic carbocycles. The van der Waals surface area contributed by atoms with Gasteiger partial charge in [-0.3, -0.25) is 0 Å². The summed E-state index contributed by atoms with van der Waals surface area (Å²) < 4.78 is 25.4. The van der Waals surface area contributed by atoms with Crippen molar-refractivity contribution in [2.24, 2.45) is 5.73 Å². The van der Waals surface area contributed by atoms with Crippen LogP contribution in [-0.2, 0) is 0 Å². The first-order valence-electron chi connectivity index (χ1n) is 3.47. The van der Waals surface area contributed by atoms with Gasteiger partial charge in [-0.25, -0.2) is 8.78 Å². The smallest absolute Gasteiger partial charge is 0.165 e. The van der Waals surface area contributed by atoms with Crippen molar-refractivity contribution >= 4 is 0 Å². The monoisotopic (exact) mass is 173 g/mol. The third-order valence-electron chi connectivity index (χ3n) is 1.54. The van der Waals surface area contributed by atoms with Crippen LogP contribution in [0, 0.1) is 5.82 Å². The van der Waals surface area contributed by atoms with E-state index in [0.717, 1.165) is 12.1 Å². The standard InChI is InChI=1S/C8H9F2NO/c9-6-3-5(7(10)4-11)1-2-8(6)12/h1-3,7,12H,4,11H2. The molecule has 0 aliphatic heterocycles. The molecular weight excluding hydrogens is 164 g/mol. The molecule has 0 aliphatic carbocycles. The molecule has 1 rings (SSSR count). The van der Waals surface area contributed by atoms with Crippen LogP contribution in [-0.4, -0.2) is 11.7 Å². The summed E-state index contributed by atoms with van der Waals surface area (Å²) in [7, 11) is 0. The van der Waals surface area contributed by atoms with Crippen LogP contribution >= 0.6 is 0 Å². The molecule has 66 valence electrons. The molecule has 3 N–H and O–H groups in total. The van der Waals surface area contributed by atoms with Gasteiger partial charge >= 0.3 is 0 Å². The summed E-state index contributed by atoms with van der Waals surface area (Å²) >= 11 is 0. The van der Waals surface area contributed by atoms with Crippen LogP contribution in [0.4, 0.5) is 8.78 Å². The van der Waals surface area contributed by atoms with E-state index in [1.165, 1.54) is 6.07 Å². The SMILES string of the molecule is NCC(F)c1ccc(O)c(F)c1. The predicted octanol–water partition coefficient (Wildman–Crippen LogP) is 1.50. The van der Waals surface area contributed by atoms with E-state index in [4.69, 9.17) is 10.8 Å². The van der Waals surface area contributed by atoms with Crippen LogP contribution in [0.25, 0.3) is 0 Å². The number of rotatable bonds is 2. The maximum Gasteiger partial charge on any atom is 0.165 e. The Hall–Kier alpha value is -1.16. The number of hydrogen-bond acceptors (Lipinski definition) is 2. The number of phenolic OH excluding ortho intramolecular Hbond substituents is 1. The van der Waals surface area contributed by atoms with Gasteiger partial charge in [0.25, 0.3) is 0 Å². The van der Waals surface area contributed by atoms with Gasteiger partial charge in [0.15, 0.2) is 11.6 Å². The summed E-state index contributed by atoms with van der Waals surface area (Å²) in [6.07, 6.45) is -1.37. The quantitative estimate of drug-likeness (QED) is 0.711. The van der Waals surface area contributed by atoms with Crippen molar-refractivity contribution in [3.63, 3.8) is 0 Å². The maximum atomic E-state index is 12.8. The molecule has 0 amide bonds. The molecule has 0 spiro atoms. The van der Waals surface area contributed by atoms with Crippen LogP contribution in [0.3, 0.4) is 0 Å². The summed E-state index contributed by atoms with van der Waals surface area (Å²) in [6.45, 7) is -0.190. The van der Waals surface area contributed by atoms with E-state index in [9.17, 15) is 8.78 Å². The largest absolute Gasteiger partial charge is 0.505 e. The normalized spacial score (nSPS) is 12.9. The van der Waals surface area contributed by atoms with E-state index in [1.807, 2.05) is 0 Å². The zero-order valence-electron chi connectivity index (χ0n) is 6.30. The molecule has 0 saturated heterocycles. The lowest BCUT2D eigenvalue weighted by Crippen LogP contribution is -2.07. The molecule has 0 radical (unpaired) electrons. The Labute approximate surface area is 68.6 Å². The van der Waals surface area contributed by atoms with Gasteiger partial charge < -0.3 is 10.8 Å². The van der Waals surface area contributed by atoms with Crippen LogP contribution in [0.15, 0.2) is 18.2 Å². The fourth-order valence-electron chi connectivity index (χ4n) is 0.854. The van der Waals surface area contributed by atoms with Gasteiger partial charge in [-0.1, -0.05) is 6.07 Å². The summed E-state index contributed by atoms with van der Waals surface area (Å²) in [4.78, 5) is 0. The van der Waals surface area contributed by atoms with Gasteiger partial charge in [0, 0.05) is 6.54 Å². The number of halogens is 2. The lowest BCUT2D eigenvalue weighted by Gasteiger charge is -2.05. The first-order valence-corrected chi connectivity index (χ1v) is 3.47. The Morgan fingerprint density at radius 1 is 1.50 bits per heavy atom. The first kappa shape index (κ1) is 8.93. The van der Waals surface area contributed by atoms with Crippen LogP contribution in [0.2, 0.25) is 0 Å². The average Bonchev–Trinajstić information content (AvgIpc) is 2.08. The maximum absolute atomic E-state index is 12.8. The number of aromatic hydroxyl groups is 1. The van der Waals surface area contributed by atoms with Crippen molar-refractivity contribution < 1.29 is 13.9 Å². The highest BCUT2D eigenvalue weighted by Crippen LogP contribution is 2.22. The zero-order chi connectivity index (χ0) is 9.14. The number of nitrogens with two attached hydrogens (primary N) is 1. The summed E-state index contributed by atoms with van der Waals surface area (Å²) in [5.74, 6) is -1.31. The molecule has 0 fully saturated rings. The molecule has 0 aliphatic rings. The van der Waals surface area contributed by atoms with Crippen LogP contribution in [0.5, 0.6) is 5.75 Å². The van der Waals surface area contributed by atoms with Crippen LogP contribution < -0.4 is 5.73 Å². The molecule has 0 aromatic heterocycles. The van der Waals surface area contributed by atoms with Crippen molar-refractivity contribution in [2.45, 2.75) is 6.17 Å². The van der Waals surface area contributed by atoms with E-state index in [-0.39, 0.29) is 12.1 Å². The number of hydrogen-bond donors (Lipinski definition) is 2. The molecule has 0 saturated carbocycles. The summed E-state index contributed by atoms with van der Waals surface area (Å²) in [5.41, 5.74) is 5.18. The highest BCUT2D eigenvalue weighted by Gasteiger charge is 2.09. The van der Waals surface area contributed by atoms with Crippen LogP contribution in [0.1, 0.15) is 11.7 Å². The van der Waals surface area contributed by atoms with Gasteiger partial charge in [0.1, 0.15) is 6.17 Å². The van der Waals surface area contributed by atoms with Gasteiger partial charge in [-0.15, -0.1) is 0 Å². The lowest BCUT2D eigenvalue weighted by atomic mass is 10.1. The highest BCUT2D eigenvalue weighted by molar-refractivity contribution is 5.29. The van der Waals surface area contributed by atoms with E-state index in [2.05, 4.69) is 0 Å². The third-order valence-corrected chi connectivity index (χ3v) is 1.54. The minimum absolute atomic E-state index is 0.146. The van der Waals surface area contributed by atoms with Gasteiger partial charge in [-0.2, -0.15) is 0 Å². The Balaban J connectivity index is 2.96. The Kier molecular flexibility index (Phi) is 2.60. The lowest BCUT2D eigenvalue weighted by molar-refractivity contribution is 0.350. The van der Waals surface area contributed by atoms with E-state index in [1.54, 1.807) is 0 Å². The number of benzene rings is 1. The molecule has 0 bridgehead atoms. The molecule has 2 nitrogen and oxygen atoms in total. The number of phenols is 1. The third kappa shape index (κ3) is 1.71. The van der Waals surface area contributed by atoms with Crippen molar-refractivity contribution in [2.75, 3.05) is 6.54 Å². The fraction of sp³-hybridized carbons (Fsp3) is 0.250. The second kappa shape index (κ2) is 3.49. The molecule has 12 heavy (non-hydrogen) atoms. The summed E-state index contributed by atoms with van der Waals surface area (Å²) in [5, 5.41) is 8.77. The minimum Gasteiger partial charge on any atom is -0.505 e. The Morgan fingerprint density at radius 2 is 2.17 bits per heavy atom. The second-order valence-corrected chi connectivity index (χ2v) is 2.41. The predicted molar refractivity (Wildman–Crippen MR) is 41.0 cm³/mol. The van der Waals surface area contributed by atoms with Crippen molar-refractivity contribution in [1.82, 2.24) is 0 Å². The second-order valence-electron chi connectivity index (χ2n) is 2.41. The Morgan fingerprint density at radius 3 is 2.67 bits per heavy atom. The number of alkyl halides is 1. The van der Waals surface area contributed by atoms with Gasteiger partial charge in [0.05, 0.1) is 0 Å². The molecule has 1 atom stereocenters. The minimum atomic E-state index is -1.37. The molecule has 1 unspecified atom stereocenters. The fourth-order valence-corrected chi connectivity index (χ4v) is 0.854. The molecular formula is C8H9F2NO. The van der Waals surface area contributed by atoms with E-state index in [0.29, 0.717) is 0 Å².